The van der Waals surface area contributed by atoms with E-state index in [2.05, 4.69) is 54.8 Å². The van der Waals surface area contributed by atoms with Crippen LogP contribution in [0.2, 0.25) is 0 Å². The Morgan fingerprint density at radius 1 is 1.25 bits per heavy atom. The molecule has 0 bridgehead atoms. The molecule has 3 nitrogen and oxygen atoms in total. The molecule has 2 rings (SSSR count). The van der Waals surface area contributed by atoms with Gasteiger partial charge in [-0.05, 0) is 32.4 Å². The smallest absolute Gasteiger partial charge is 0.0644 e. The summed E-state index contributed by atoms with van der Waals surface area (Å²) in [5.41, 5.74) is 9.67. The third-order valence-electron chi connectivity index (χ3n) is 3.56. The predicted molar refractivity (Wildman–Crippen MR) is 86.1 cm³/mol. The average molecular weight is 289 g/mol. The summed E-state index contributed by atoms with van der Waals surface area (Å²) < 4.78 is 2.09. The standard InChI is InChI=1S/C16H23N3S/c1-4-15(17)16-12(2)18-19(13(16)3)10-11-20-14-8-6-5-7-9-14/h5-9,15H,4,10-11,17H2,1-3H3. The second kappa shape index (κ2) is 6.95. The molecule has 4 heteroatoms. The summed E-state index contributed by atoms with van der Waals surface area (Å²) in [7, 11) is 0. The van der Waals surface area contributed by atoms with E-state index in [1.54, 1.807) is 0 Å². The first kappa shape index (κ1) is 15.1. The average Bonchev–Trinajstić information content (AvgIpc) is 2.74. The van der Waals surface area contributed by atoms with Crippen LogP contribution >= 0.6 is 11.8 Å². The summed E-state index contributed by atoms with van der Waals surface area (Å²) in [6.45, 7) is 7.21. The highest BCUT2D eigenvalue weighted by Crippen LogP contribution is 2.23. The van der Waals surface area contributed by atoms with Crippen LogP contribution in [0.15, 0.2) is 35.2 Å². The van der Waals surface area contributed by atoms with Gasteiger partial charge >= 0.3 is 0 Å². The van der Waals surface area contributed by atoms with Gasteiger partial charge in [0.2, 0.25) is 0 Å². The number of hydrogen-bond donors (Lipinski definition) is 1. The largest absolute Gasteiger partial charge is 0.324 e. The predicted octanol–water partition coefficient (Wildman–Crippen LogP) is 3.70. The molecule has 20 heavy (non-hydrogen) atoms. The van der Waals surface area contributed by atoms with E-state index in [9.17, 15) is 0 Å². The molecule has 0 aliphatic heterocycles. The number of aryl methyl sites for hydroxylation is 2. The van der Waals surface area contributed by atoms with Gasteiger partial charge in [-0.2, -0.15) is 5.10 Å². The fourth-order valence-electron chi connectivity index (χ4n) is 2.44. The number of aromatic nitrogens is 2. The number of rotatable bonds is 6. The zero-order valence-electron chi connectivity index (χ0n) is 12.5. The Balaban J connectivity index is 2.00. The molecule has 1 unspecified atom stereocenters. The molecule has 2 N–H and O–H groups in total. The van der Waals surface area contributed by atoms with Crippen LogP contribution in [0.25, 0.3) is 0 Å². The molecule has 0 fully saturated rings. The Kier molecular flexibility index (Phi) is 5.26. The van der Waals surface area contributed by atoms with Crippen molar-refractivity contribution in [3.8, 4) is 0 Å². The zero-order chi connectivity index (χ0) is 14.5. The van der Waals surface area contributed by atoms with Gasteiger partial charge in [0.1, 0.15) is 0 Å². The first-order valence-electron chi connectivity index (χ1n) is 7.10. The van der Waals surface area contributed by atoms with Crippen LogP contribution in [-0.4, -0.2) is 15.5 Å². The Bertz CT molecular complexity index is 548. The maximum Gasteiger partial charge on any atom is 0.0644 e. The molecular formula is C16H23N3S. The summed E-state index contributed by atoms with van der Waals surface area (Å²) in [6, 6.07) is 10.6. The van der Waals surface area contributed by atoms with Crippen LogP contribution < -0.4 is 5.73 Å². The van der Waals surface area contributed by atoms with Crippen molar-refractivity contribution in [1.82, 2.24) is 9.78 Å². The number of thioether (sulfide) groups is 1. The molecule has 0 radical (unpaired) electrons. The first-order chi connectivity index (χ1) is 9.63. The van der Waals surface area contributed by atoms with Gasteiger partial charge in [-0.25, -0.2) is 0 Å². The summed E-state index contributed by atoms with van der Waals surface area (Å²) in [6.07, 6.45) is 0.951. The maximum absolute atomic E-state index is 6.17. The molecular weight excluding hydrogens is 266 g/mol. The Labute approximate surface area is 125 Å². The second-order valence-electron chi connectivity index (χ2n) is 4.98. The van der Waals surface area contributed by atoms with E-state index in [1.807, 2.05) is 17.8 Å². The lowest BCUT2D eigenvalue weighted by Gasteiger charge is -2.10. The van der Waals surface area contributed by atoms with Crippen LogP contribution in [0.5, 0.6) is 0 Å². The summed E-state index contributed by atoms with van der Waals surface area (Å²) >= 11 is 1.86. The van der Waals surface area contributed by atoms with E-state index in [-0.39, 0.29) is 6.04 Å². The van der Waals surface area contributed by atoms with E-state index >= 15 is 0 Å². The quantitative estimate of drug-likeness (QED) is 0.825. The number of nitrogens with two attached hydrogens (primary N) is 1. The van der Waals surface area contributed by atoms with Crippen molar-refractivity contribution in [2.45, 2.75) is 44.7 Å². The minimum absolute atomic E-state index is 0.102. The van der Waals surface area contributed by atoms with E-state index in [0.29, 0.717) is 0 Å². The minimum Gasteiger partial charge on any atom is -0.324 e. The molecule has 108 valence electrons. The molecule has 0 saturated carbocycles. The number of benzene rings is 1. The van der Waals surface area contributed by atoms with Gasteiger partial charge in [0.25, 0.3) is 0 Å². The summed E-state index contributed by atoms with van der Waals surface area (Å²) in [4.78, 5) is 1.31. The first-order valence-corrected chi connectivity index (χ1v) is 8.09. The van der Waals surface area contributed by atoms with Crippen LogP contribution in [0, 0.1) is 13.8 Å². The second-order valence-corrected chi connectivity index (χ2v) is 6.15. The summed E-state index contributed by atoms with van der Waals surface area (Å²) in [5.74, 6) is 1.02. The van der Waals surface area contributed by atoms with Gasteiger partial charge in [0.05, 0.1) is 12.2 Å². The zero-order valence-corrected chi connectivity index (χ0v) is 13.3. The van der Waals surface area contributed by atoms with Gasteiger partial charge in [-0.15, -0.1) is 11.8 Å². The molecule has 0 spiro atoms. The van der Waals surface area contributed by atoms with E-state index in [4.69, 9.17) is 5.73 Å². The van der Waals surface area contributed by atoms with Crippen molar-refractivity contribution in [2.75, 3.05) is 5.75 Å². The van der Waals surface area contributed by atoms with Gasteiger partial charge in [-0.1, -0.05) is 25.1 Å². The maximum atomic E-state index is 6.17. The molecule has 0 saturated heterocycles. The highest BCUT2D eigenvalue weighted by molar-refractivity contribution is 7.99. The minimum atomic E-state index is 0.102. The number of nitrogens with zero attached hydrogens (tertiary/aromatic N) is 2. The lowest BCUT2D eigenvalue weighted by molar-refractivity contribution is 0.634. The molecule has 1 heterocycles. The highest BCUT2D eigenvalue weighted by Gasteiger charge is 2.16. The van der Waals surface area contributed by atoms with Gasteiger partial charge < -0.3 is 5.73 Å². The lowest BCUT2D eigenvalue weighted by atomic mass is 10.0. The molecule has 2 aromatic rings. The van der Waals surface area contributed by atoms with Crippen LogP contribution in [0.3, 0.4) is 0 Å². The van der Waals surface area contributed by atoms with Crippen LogP contribution in [0.1, 0.15) is 36.3 Å². The normalized spacial score (nSPS) is 12.6. The van der Waals surface area contributed by atoms with E-state index in [0.717, 1.165) is 24.4 Å². The third kappa shape index (κ3) is 3.44. The SMILES string of the molecule is CCC(N)c1c(C)nn(CCSc2ccccc2)c1C. The molecule has 1 aromatic carbocycles. The van der Waals surface area contributed by atoms with Gasteiger partial charge in [0.15, 0.2) is 0 Å². The van der Waals surface area contributed by atoms with Crippen molar-refractivity contribution in [3.63, 3.8) is 0 Å². The van der Waals surface area contributed by atoms with Crippen molar-refractivity contribution in [1.29, 1.82) is 0 Å². The van der Waals surface area contributed by atoms with E-state index < -0.39 is 0 Å². The highest BCUT2D eigenvalue weighted by atomic mass is 32.2. The fraction of sp³-hybridized carbons (Fsp3) is 0.438. The number of hydrogen-bond acceptors (Lipinski definition) is 3. The Hall–Kier alpha value is -1.26. The fourth-order valence-corrected chi connectivity index (χ4v) is 3.29. The van der Waals surface area contributed by atoms with Crippen molar-refractivity contribution < 1.29 is 0 Å². The van der Waals surface area contributed by atoms with Crippen LogP contribution in [0.4, 0.5) is 0 Å². The van der Waals surface area contributed by atoms with E-state index in [1.165, 1.54) is 16.2 Å². The van der Waals surface area contributed by atoms with Crippen molar-refractivity contribution in [3.05, 3.63) is 47.3 Å². The third-order valence-corrected chi connectivity index (χ3v) is 4.56. The Morgan fingerprint density at radius 2 is 1.95 bits per heavy atom. The lowest BCUT2D eigenvalue weighted by Crippen LogP contribution is -2.11. The molecule has 1 aromatic heterocycles. The topological polar surface area (TPSA) is 43.8 Å². The molecule has 0 aliphatic rings. The Morgan fingerprint density at radius 3 is 2.60 bits per heavy atom. The van der Waals surface area contributed by atoms with Crippen molar-refractivity contribution in [2.24, 2.45) is 5.73 Å². The van der Waals surface area contributed by atoms with Gasteiger partial charge in [-0.3, -0.25) is 4.68 Å². The monoisotopic (exact) mass is 289 g/mol. The summed E-state index contributed by atoms with van der Waals surface area (Å²) in [5, 5.41) is 4.63. The van der Waals surface area contributed by atoms with Gasteiger partial charge in [0, 0.05) is 27.9 Å². The molecule has 1 atom stereocenters. The molecule has 0 aliphatic carbocycles. The van der Waals surface area contributed by atoms with Crippen molar-refractivity contribution >= 4 is 11.8 Å². The molecule has 0 amide bonds. The van der Waals surface area contributed by atoms with Crippen LogP contribution in [-0.2, 0) is 6.54 Å².